The molecule has 0 aromatic carbocycles. The maximum absolute atomic E-state index is 12.3. The third-order valence-electron chi connectivity index (χ3n) is 8.14. The molecule has 7 heteroatoms. The first-order valence-corrected chi connectivity index (χ1v) is 18.1. The average Bonchev–Trinajstić information content (AvgIpc) is 3.03. The average molecular weight is 636 g/mol. The number of unbranched alkanes of at least 4 members (excludes halogenated alkanes) is 13. The molecule has 0 bridgehead atoms. The summed E-state index contributed by atoms with van der Waals surface area (Å²) in [5.41, 5.74) is 0. The summed E-state index contributed by atoms with van der Waals surface area (Å²) in [6.45, 7) is 3.94. The molecule has 7 nitrogen and oxygen atoms in total. The van der Waals surface area contributed by atoms with Crippen molar-refractivity contribution in [1.29, 1.82) is 0 Å². The quantitative estimate of drug-likeness (QED) is 0.0349. The van der Waals surface area contributed by atoms with Crippen LogP contribution >= 0.6 is 0 Å². The standard InChI is InChI=1S/C38H69NO6/c1-3-5-7-8-9-10-11-12-13-17-20-24-30-36(43)38(45)35(32-40)39-37(44)31-25-29-34(42)28-23-19-16-14-15-18-22-27-33(41)26-21-6-4-2/h15-16,18-19,22-23,27-28,33-36,38,40-43,45H,3-14,17,20-21,24-26,29-32H2,1-2H3,(H,39,44)/b18-15-,19-16-,27-22+,28-23+/t33-,34-,35+,36-,38-/m1/s1. The molecule has 0 saturated heterocycles. The van der Waals surface area contributed by atoms with Crippen molar-refractivity contribution in [3.63, 3.8) is 0 Å². The molecule has 0 spiro atoms. The highest BCUT2D eigenvalue weighted by molar-refractivity contribution is 5.76. The number of aliphatic hydroxyl groups excluding tert-OH is 5. The van der Waals surface area contributed by atoms with Crippen LogP contribution in [0.4, 0.5) is 0 Å². The molecule has 0 unspecified atom stereocenters. The minimum absolute atomic E-state index is 0.157. The van der Waals surface area contributed by atoms with Gasteiger partial charge in [0, 0.05) is 6.42 Å². The molecule has 0 aromatic heterocycles. The Morgan fingerprint density at radius 3 is 1.56 bits per heavy atom. The molecule has 0 saturated carbocycles. The molecule has 0 aliphatic rings. The van der Waals surface area contributed by atoms with Crippen molar-refractivity contribution in [2.24, 2.45) is 0 Å². The predicted octanol–water partition coefficient (Wildman–Crippen LogP) is 7.36. The molecule has 1 amide bonds. The van der Waals surface area contributed by atoms with Crippen molar-refractivity contribution in [3.05, 3.63) is 48.6 Å². The summed E-state index contributed by atoms with van der Waals surface area (Å²) in [5, 5.41) is 53.2. The van der Waals surface area contributed by atoms with Crippen LogP contribution in [0.25, 0.3) is 0 Å². The Labute approximate surface area is 275 Å². The summed E-state index contributed by atoms with van der Waals surface area (Å²) < 4.78 is 0. The van der Waals surface area contributed by atoms with E-state index < -0.39 is 31.0 Å². The molecule has 5 atom stereocenters. The lowest BCUT2D eigenvalue weighted by Crippen LogP contribution is -2.50. The molecule has 6 N–H and O–H groups in total. The van der Waals surface area contributed by atoms with Crippen LogP contribution < -0.4 is 5.32 Å². The van der Waals surface area contributed by atoms with Crippen molar-refractivity contribution in [3.8, 4) is 0 Å². The predicted molar refractivity (Wildman–Crippen MR) is 188 cm³/mol. The van der Waals surface area contributed by atoms with Crippen LogP contribution in [0.2, 0.25) is 0 Å². The number of hydrogen-bond donors (Lipinski definition) is 6. The molecule has 0 aromatic rings. The minimum atomic E-state index is -1.22. The van der Waals surface area contributed by atoms with E-state index in [1.54, 1.807) is 12.2 Å². The van der Waals surface area contributed by atoms with Crippen molar-refractivity contribution in [1.82, 2.24) is 5.32 Å². The fraction of sp³-hybridized carbons (Fsp3) is 0.763. The first-order valence-electron chi connectivity index (χ1n) is 18.1. The summed E-state index contributed by atoms with van der Waals surface area (Å²) in [4.78, 5) is 12.3. The summed E-state index contributed by atoms with van der Waals surface area (Å²) in [6.07, 6.45) is 32.6. The number of rotatable bonds is 31. The maximum atomic E-state index is 12.3. The lowest BCUT2D eigenvalue weighted by molar-refractivity contribution is -0.124. The number of nitrogens with one attached hydrogen (secondary N) is 1. The SMILES string of the molecule is CCCCCCCCCCCCCC[C@@H](O)[C@H](O)[C@H](CO)NC(=O)CCC[C@H](O)/C=C/C=C\C/C=C\C=C\[C@H](O)CCCCC. The van der Waals surface area contributed by atoms with Gasteiger partial charge in [-0.1, -0.05) is 159 Å². The number of carbonyl (C=O) groups is 1. The van der Waals surface area contributed by atoms with E-state index >= 15 is 0 Å². The van der Waals surface area contributed by atoms with Gasteiger partial charge in [-0.05, 0) is 32.1 Å². The molecular formula is C38H69NO6. The lowest BCUT2D eigenvalue weighted by Gasteiger charge is -2.26. The molecule has 0 fully saturated rings. The van der Waals surface area contributed by atoms with E-state index in [4.69, 9.17) is 0 Å². The van der Waals surface area contributed by atoms with Crippen LogP contribution in [0.15, 0.2) is 48.6 Å². The highest BCUT2D eigenvalue weighted by Gasteiger charge is 2.26. The number of carbonyl (C=O) groups excluding carboxylic acids is 1. The van der Waals surface area contributed by atoms with Crippen LogP contribution in [0.5, 0.6) is 0 Å². The van der Waals surface area contributed by atoms with E-state index in [1.165, 1.54) is 57.8 Å². The van der Waals surface area contributed by atoms with Gasteiger partial charge in [-0.2, -0.15) is 0 Å². The number of aliphatic hydroxyl groups is 5. The smallest absolute Gasteiger partial charge is 0.220 e. The zero-order valence-corrected chi connectivity index (χ0v) is 28.7. The number of amides is 1. The number of hydrogen-bond acceptors (Lipinski definition) is 6. The van der Waals surface area contributed by atoms with Gasteiger partial charge < -0.3 is 30.8 Å². The summed E-state index contributed by atoms with van der Waals surface area (Å²) in [6, 6.07) is -0.916. The Morgan fingerprint density at radius 2 is 1.04 bits per heavy atom. The van der Waals surface area contributed by atoms with Crippen molar-refractivity contribution in [2.75, 3.05) is 6.61 Å². The van der Waals surface area contributed by atoms with E-state index in [9.17, 15) is 30.3 Å². The van der Waals surface area contributed by atoms with Crippen LogP contribution in [0.3, 0.4) is 0 Å². The Hall–Kier alpha value is -1.77. The molecule has 45 heavy (non-hydrogen) atoms. The highest BCUT2D eigenvalue weighted by Crippen LogP contribution is 2.15. The Balaban J connectivity index is 4.02. The lowest BCUT2D eigenvalue weighted by atomic mass is 9.99. The molecule has 0 rings (SSSR count). The van der Waals surface area contributed by atoms with Crippen molar-refractivity contribution in [2.45, 2.75) is 179 Å². The minimum Gasteiger partial charge on any atom is -0.394 e. The second-order valence-electron chi connectivity index (χ2n) is 12.5. The van der Waals surface area contributed by atoms with E-state index in [-0.39, 0.29) is 18.4 Å². The van der Waals surface area contributed by atoms with Crippen LogP contribution in [-0.2, 0) is 4.79 Å². The van der Waals surface area contributed by atoms with Gasteiger partial charge in [-0.3, -0.25) is 4.79 Å². The normalized spacial score (nSPS) is 15.8. The van der Waals surface area contributed by atoms with Crippen LogP contribution in [0, 0.1) is 0 Å². The van der Waals surface area contributed by atoms with E-state index in [1.807, 2.05) is 36.5 Å². The van der Waals surface area contributed by atoms with Gasteiger partial charge in [0.1, 0.15) is 6.10 Å². The Kier molecular flexibility index (Phi) is 30.9. The largest absolute Gasteiger partial charge is 0.394 e. The molecule has 0 aliphatic carbocycles. The molecule has 0 radical (unpaired) electrons. The molecule has 0 heterocycles. The van der Waals surface area contributed by atoms with Crippen LogP contribution in [-0.4, -0.2) is 68.5 Å². The number of allylic oxidation sites excluding steroid dienone is 6. The van der Waals surface area contributed by atoms with E-state index in [0.29, 0.717) is 19.3 Å². The first-order chi connectivity index (χ1) is 21.8. The van der Waals surface area contributed by atoms with Gasteiger partial charge in [-0.15, -0.1) is 0 Å². The van der Waals surface area contributed by atoms with Gasteiger partial charge >= 0.3 is 0 Å². The second kappa shape index (κ2) is 32.2. The van der Waals surface area contributed by atoms with Crippen LogP contribution in [0.1, 0.15) is 149 Å². The first kappa shape index (κ1) is 43.2. The maximum Gasteiger partial charge on any atom is 0.220 e. The fourth-order valence-electron chi connectivity index (χ4n) is 5.20. The topological polar surface area (TPSA) is 130 Å². The summed E-state index contributed by atoms with van der Waals surface area (Å²) in [5.74, 6) is -0.323. The summed E-state index contributed by atoms with van der Waals surface area (Å²) >= 11 is 0. The zero-order valence-electron chi connectivity index (χ0n) is 28.7. The summed E-state index contributed by atoms with van der Waals surface area (Å²) in [7, 11) is 0. The molecular weight excluding hydrogens is 566 g/mol. The van der Waals surface area contributed by atoms with Gasteiger partial charge in [0.2, 0.25) is 5.91 Å². The van der Waals surface area contributed by atoms with Crippen molar-refractivity contribution < 1.29 is 30.3 Å². The fourth-order valence-corrected chi connectivity index (χ4v) is 5.20. The van der Waals surface area contributed by atoms with Crippen molar-refractivity contribution >= 4 is 5.91 Å². The van der Waals surface area contributed by atoms with Gasteiger partial charge in [-0.25, -0.2) is 0 Å². The third-order valence-corrected chi connectivity index (χ3v) is 8.14. The highest BCUT2D eigenvalue weighted by atomic mass is 16.3. The van der Waals surface area contributed by atoms with E-state index in [2.05, 4.69) is 19.2 Å². The van der Waals surface area contributed by atoms with Gasteiger partial charge in [0.25, 0.3) is 0 Å². The van der Waals surface area contributed by atoms with E-state index in [0.717, 1.165) is 51.4 Å². The molecule has 0 aliphatic heterocycles. The van der Waals surface area contributed by atoms with Gasteiger partial charge in [0.05, 0.1) is 31.0 Å². The van der Waals surface area contributed by atoms with Gasteiger partial charge in [0.15, 0.2) is 0 Å². The third kappa shape index (κ3) is 28.2. The second-order valence-corrected chi connectivity index (χ2v) is 12.5. The Bertz CT molecular complexity index is 780. The molecule has 262 valence electrons. The Morgan fingerprint density at radius 1 is 0.600 bits per heavy atom. The zero-order chi connectivity index (χ0) is 33.4. The monoisotopic (exact) mass is 636 g/mol.